The molecule has 3 aromatic rings. The van der Waals surface area contributed by atoms with E-state index in [2.05, 4.69) is 15.6 Å². The number of thiazole rings is 1. The third-order valence-electron chi connectivity index (χ3n) is 4.29. The van der Waals surface area contributed by atoms with Gasteiger partial charge in [-0.1, -0.05) is 18.2 Å². The molecule has 0 fully saturated rings. The van der Waals surface area contributed by atoms with Crippen LogP contribution >= 0.6 is 11.3 Å². The molecule has 1 atom stereocenters. The molecule has 0 saturated carbocycles. The molecule has 1 aliphatic rings. The van der Waals surface area contributed by atoms with Gasteiger partial charge in [-0.25, -0.2) is 14.2 Å². The van der Waals surface area contributed by atoms with E-state index in [9.17, 15) is 9.18 Å². The summed E-state index contributed by atoms with van der Waals surface area (Å²) in [5, 5.41) is 8.67. The summed E-state index contributed by atoms with van der Waals surface area (Å²) < 4.78 is 13.3. The number of halogens is 1. The van der Waals surface area contributed by atoms with Crippen LogP contribution in [0.5, 0.6) is 0 Å². The molecule has 2 amide bonds. The fourth-order valence-corrected chi connectivity index (χ4v) is 3.79. The van der Waals surface area contributed by atoms with Crippen molar-refractivity contribution < 1.29 is 9.18 Å². The molecule has 1 aliphatic carbocycles. The number of nitrogens with zero attached hydrogens (tertiary/aromatic N) is 1. The van der Waals surface area contributed by atoms with E-state index < -0.39 is 0 Å². The zero-order valence-electron chi connectivity index (χ0n) is 13.3. The molecule has 0 spiro atoms. The second-order valence-corrected chi connectivity index (χ2v) is 6.85. The van der Waals surface area contributed by atoms with Gasteiger partial charge in [0.2, 0.25) is 0 Å². The van der Waals surface area contributed by atoms with Gasteiger partial charge in [0.15, 0.2) is 0 Å². The third-order valence-corrected chi connectivity index (χ3v) is 5.11. The summed E-state index contributed by atoms with van der Waals surface area (Å²) in [6.45, 7) is 0. The van der Waals surface area contributed by atoms with E-state index in [0.29, 0.717) is 5.69 Å². The van der Waals surface area contributed by atoms with E-state index in [1.165, 1.54) is 6.07 Å². The SMILES string of the molecule is O=C(Nc1cccc(-c2nccs2)c1)NC1CCc2cc(F)ccc21. The van der Waals surface area contributed by atoms with Crippen molar-refractivity contribution in [1.29, 1.82) is 0 Å². The molecule has 126 valence electrons. The van der Waals surface area contributed by atoms with Gasteiger partial charge in [0.25, 0.3) is 0 Å². The molecule has 6 heteroatoms. The van der Waals surface area contributed by atoms with Gasteiger partial charge in [-0.05, 0) is 48.2 Å². The second kappa shape index (κ2) is 6.64. The zero-order chi connectivity index (χ0) is 17.2. The van der Waals surface area contributed by atoms with Crippen LogP contribution in [0.1, 0.15) is 23.6 Å². The average Bonchev–Trinajstić information content (AvgIpc) is 3.25. The van der Waals surface area contributed by atoms with E-state index >= 15 is 0 Å². The van der Waals surface area contributed by atoms with Crippen LogP contribution < -0.4 is 10.6 Å². The van der Waals surface area contributed by atoms with Crippen LogP contribution in [0.4, 0.5) is 14.9 Å². The Balaban J connectivity index is 1.45. The summed E-state index contributed by atoms with van der Waals surface area (Å²) in [5.41, 5.74) is 3.64. The zero-order valence-corrected chi connectivity index (χ0v) is 14.1. The largest absolute Gasteiger partial charge is 0.331 e. The minimum absolute atomic E-state index is 0.0854. The van der Waals surface area contributed by atoms with E-state index in [1.54, 1.807) is 29.7 Å². The quantitative estimate of drug-likeness (QED) is 0.713. The highest BCUT2D eigenvalue weighted by molar-refractivity contribution is 7.13. The first-order valence-electron chi connectivity index (χ1n) is 8.05. The Bertz CT molecular complexity index is 911. The van der Waals surface area contributed by atoms with Crippen LogP contribution in [0.25, 0.3) is 10.6 Å². The van der Waals surface area contributed by atoms with Gasteiger partial charge < -0.3 is 10.6 Å². The lowest BCUT2D eigenvalue weighted by molar-refractivity contribution is 0.248. The number of nitrogens with one attached hydrogen (secondary N) is 2. The Kier molecular flexibility index (Phi) is 4.19. The van der Waals surface area contributed by atoms with Crippen molar-refractivity contribution in [2.45, 2.75) is 18.9 Å². The Morgan fingerprint density at radius 2 is 2.16 bits per heavy atom. The third kappa shape index (κ3) is 3.39. The maximum absolute atomic E-state index is 13.3. The van der Waals surface area contributed by atoms with E-state index in [-0.39, 0.29) is 17.9 Å². The second-order valence-electron chi connectivity index (χ2n) is 5.95. The topological polar surface area (TPSA) is 54.0 Å². The molecule has 25 heavy (non-hydrogen) atoms. The first kappa shape index (κ1) is 15.8. The fraction of sp³-hybridized carbons (Fsp3) is 0.158. The summed E-state index contributed by atoms with van der Waals surface area (Å²) in [6.07, 6.45) is 3.32. The van der Waals surface area contributed by atoms with Gasteiger partial charge in [-0.15, -0.1) is 11.3 Å². The van der Waals surface area contributed by atoms with Crippen molar-refractivity contribution in [2.24, 2.45) is 0 Å². The first-order chi connectivity index (χ1) is 12.2. The number of fused-ring (bicyclic) bond motifs is 1. The molecule has 1 unspecified atom stereocenters. The Labute approximate surface area is 148 Å². The number of aryl methyl sites for hydroxylation is 1. The van der Waals surface area contributed by atoms with Gasteiger partial charge in [0, 0.05) is 22.8 Å². The van der Waals surface area contributed by atoms with Crippen LogP contribution in [0.2, 0.25) is 0 Å². The molecule has 4 nitrogen and oxygen atoms in total. The predicted molar refractivity (Wildman–Crippen MR) is 97.2 cm³/mol. The summed E-state index contributed by atoms with van der Waals surface area (Å²) >= 11 is 1.55. The lowest BCUT2D eigenvalue weighted by atomic mass is 10.1. The molecule has 0 saturated heterocycles. The number of carbonyl (C=O) groups excluding carboxylic acids is 1. The van der Waals surface area contributed by atoms with Crippen LogP contribution in [0.3, 0.4) is 0 Å². The van der Waals surface area contributed by atoms with Crippen molar-refractivity contribution in [3.8, 4) is 10.6 Å². The van der Waals surface area contributed by atoms with Gasteiger partial charge in [0.05, 0.1) is 6.04 Å². The average molecular weight is 353 g/mol. The van der Waals surface area contributed by atoms with Crippen molar-refractivity contribution in [1.82, 2.24) is 10.3 Å². The van der Waals surface area contributed by atoms with Gasteiger partial charge >= 0.3 is 6.03 Å². The number of hydrogen-bond donors (Lipinski definition) is 2. The first-order valence-corrected chi connectivity index (χ1v) is 8.93. The Morgan fingerprint density at radius 3 is 3.00 bits per heavy atom. The summed E-state index contributed by atoms with van der Waals surface area (Å²) in [5.74, 6) is -0.233. The van der Waals surface area contributed by atoms with Gasteiger partial charge in [0.1, 0.15) is 10.8 Å². The van der Waals surface area contributed by atoms with Crippen molar-refractivity contribution >= 4 is 23.1 Å². The molecular weight excluding hydrogens is 337 g/mol. The van der Waals surface area contributed by atoms with Crippen LogP contribution in [-0.4, -0.2) is 11.0 Å². The van der Waals surface area contributed by atoms with Gasteiger partial charge in [-0.2, -0.15) is 0 Å². The maximum atomic E-state index is 13.3. The Morgan fingerprint density at radius 1 is 1.24 bits per heavy atom. The molecule has 0 bridgehead atoms. The highest BCUT2D eigenvalue weighted by atomic mass is 32.1. The molecule has 1 aromatic heterocycles. The number of hydrogen-bond acceptors (Lipinski definition) is 3. The molecule has 0 radical (unpaired) electrons. The molecular formula is C19H16FN3OS. The standard InChI is InChI=1S/C19H16FN3OS/c20-14-5-6-16-12(10-14)4-7-17(16)23-19(24)22-15-3-1-2-13(11-15)18-21-8-9-25-18/h1-3,5-6,8-11,17H,4,7H2,(H2,22,23,24). The molecule has 2 aromatic carbocycles. The number of aromatic nitrogens is 1. The highest BCUT2D eigenvalue weighted by Gasteiger charge is 2.24. The fourth-order valence-electron chi connectivity index (χ4n) is 3.16. The van der Waals surface area contributed by atoms with Crippen LogP contribution in [-0.2, 0) is 6.42 Å². The molecule has 0 aliphatic heterocycles. The van der Waals surface area contributed by atoms with Crippen LogP contribution in [0.15, 0.2) is 54.0 Å². The van der Waals surface area contributed by atoms with Crippen molar-refractivity contribution in [2.75, 3.05) is 5.32 Å². The lowest BCUT2D eigenvalue weighted by Gasteiger charge is -2.15. The highest BCUT2D eigenvalue weighted by Crippen LogP contribution is 2.31. The summed E-state index contributed by atoms with van der Waals surface area (Å²) in [6, 6.07) is 12.0. The maximum Gasteiger partial charge on any atom is 0.319 e. The van der Waals surface area contributed by atoms with Crippen LogP contribution in [0, 0.1) is 5.82 Å². The number of benzene rings is 2. The summed E-state index contributed by atoms with van der Waals surface area (Å²) in [4.78, 5) is 16.6. The van der Waals surface area contributed by atoms with Crippen molar-refractivity contribution in [3.05, 3.63) is 71.0 Å². The monoisotopic (exact) mass is 353 g/mol. The summed E-state index contributed by atoms with van der Waals surface area (Å²) in [7, 11) is 0. The number of anilines is 1. The van der Waals surface area contributed by atoms with E-state index in [4.69, 9.17) is 0 Å². The lowest BCUT2D eigenvalue weighted by Crippen LogP contribution is -2.31. The molecule has 4 rings (SSSR count). The van der Waals surface area contributed by atoms with E-state index in [0.717, 1.165) is 34.5 Å². The normalized spacial score (nSPS) is 15.6. The van der Waals surface area contributed by atoms with Crippen molar-refractivity contribution in [3.63, 3.8) is 0 Å². The predicted octanol–water partition coefficient (Wildman–Crippen LogP) is 4.76. The molecule has 1 heterocycles. The minimum Gasteiger partial charge on any atom is -0.331 e. The number of amides is 2. The molecule has 2 N–H and O–H groups in total. The number of rotatable bonds is 3. The van der Waals surface area contributed by atoms with E-state index in [1.807, 2.05) is 29.6 Å². The minimum atomic E-state index is -0.265. The number of urea groups is 1. The van der Waals surface area contributed by atoms with Gasteiger partial charge in [-0.3, -0.25) is 0 Å². The number of carbonyl (C=O) groups is 1. The smallest absolute Gasteiger partial charge is 0.319 e. The Hall–Kier alpha value is -2.73.